The molecule has 1 saturated carbocycles. The quantitative estimate of drug-likeness (QED) is 0.376. The van der Waals surface area contributed by atoms with Crippen molar-refractivity contribution >= 4 is 11.8 Å². The maximum absolute atomic E-state index is 12.2. The van der Waals surface area contributed by atoms with Crippen LogP contribution in [0.4, 0.5) is 0 Å². The number of aliphatic carboxylic acids is 1. The highest BCUT2D eigenvalue weighted by atomic mass is 16.4. The highest BCUT2D eigenvalue weighted by molar-refractivity contribution is 5.85. The lowest BCUT2D eigenvalue weighted by molar-refractivity contribution is -0.137. The third-order valence-electron chi connectivity index (χ3n) is 5.53. The van der Waals surface area contributed by atoms with Crippen molar-refractivity contribution in [3.05, 3.63) is 48.0 Å². The second kappa shape index (κ2) is 11.8. The first-order valence-corrected chi connectivity index (χ1v) is 10.3. The third-order valence-corrected chi connectivity index (χ3v) is 5.53. The highest BCUT2D eigenvalue weighted by Crippen LogP contribution is 2.34. The lowest BCUT2D eigenvalue weighted by Crippen LogP contribution is -2.19. The summed E-state index contributed by atoms with van der Waals surface area (Å²) in [5, 5.41) is 29.1. The van der Waals surface area contributed by atoms with E-state index in [1.807, 2.05) is 30.3 Å². The Morgan fingerprint density at radius 3 is 2.57 bits per heavy atom. The lowest BCUT2D eigenvalue weighted by atomic mass is 9.88. The molecule has 3 N–H and O–H groups in total. The molecule has 1 aromatic rings. The molecule has 0 spiro atoms. The average molecular weight is 389 g/mol. The summed E-state index contributed by atoms with van der Waals surface area (Å²) in [7, 11) is 0. The number of benzene rings is 1. The van der Waals surface area contributed by atoms with Crippen molar-refractivity contribution in [2.24, 2.45) is 11.8 Å². The Kier molecular flexibility index (Phi) is 9.38. The first kappa shape index (κ1) is 22.3. The molecule has 2 rings (SSSR count). The number of aryl methyl sites for hydroxylation is 1. The van der Waals surface area contributed by atoms with Crippen molar-refractivity contribution in [3.63, 3.8) is 0 Å². The molecule has 0 aliphatic heterocycles. The highest BCUT2D eigenvalue weighted by Gasteiger charge is 2.39. The van der Waals surface area contributed by atoms with Gasteiger partial charge in [-0.25, -0.2) is 0 Å². The number of Topliss-reactive ketones (excluding diaryl/α,β-unsaturated/α-hetero) is 1. The van der Waals surface area contributed by atoms with Crippen LogP contribution in [-0.4, -0.2) is 39.3 Å². The zero-order chi connectivity index (χ0) is 20.4. The van der Waals surface area contributed by atoms with Crippen molar-refractivity contribution in [2.75, 3.05) is 0 Å². The number of ketones is 1. The van der Waals surface area contributed by atoms with E-state index in [1.54, 1.807) is 12.2 Å². The Hall–Kier alpha value is -1.98. The number of carboxylic acid groups (broad SMARTS) is 1. The second-order valence-corrected chi connectivity index (χ2v) is 7.75. The van der Waals surface area contributed by atoms with E-state index in [9.17, 15) is 19.8 Å². The summed E-state index contributed by atoms with van der Waals surface area (Å²) in [4.78, 5) is 22.8. The Labute approximate surface area is 167 Å². The predicted octanol–water partition coefficient (Wildman–Crippen LogP) is 3.53. The third kappa shape index (κ3) is 7.56. The number of aliphatic hydroxyl groups excluding tert-OH is 2. The van der Waals surface area contributed by atoms with Gasteiger partial charge in [-0.1, -0.05) is 61.7 Å². The molecule has 0 amide bonds. The summed E-state index contributed by atoms with van der Waals surface area (Å²) in [5.74, 6) is -1.17. The summed E-state index contributed by atoms with van der Waals surface area (Å²) in [6.07, 6.45) is 8.02. The van der Waals surface area contributed by atoms with Gasteiger partial charge in [0.25, 0.3) is 0 Å². The Morgan fingerprint density at radius 2 is 1.86 bits per heavy atom. The molecule has 0 heterocycles. The van der Waals surface area contributed by atoms with Crippen LogP contribution >= 0.6 is 0 Å². The molecule has 154 valence electrons. The van der Waals surface area contributed by atoms with E-state index in [1.165, 1.54) is 5.56 Å². The summed E-state index contributed by atoms with van der Waals surface area (Å²) in [5.41, 5.74) is 1.17. The van der Waals surface area contributed by atoms with Crippen molar-refractivity contribution in [2.45, 2.75) is 70.0 Å². The number of allylic oxidation sites excluding steroid dienone is 1. The zero-order valence-electron chi connectivity index (χ0n) is 16.4. The van der Waals surface area contributed by atoms with E-state index >= 15 is 0 Å². The number of hydrogen-bond donors (Lipinski definition) is 3. The first-order valence-electron chi connectivity index (χ1n) is 10.3. The maximum atomic E-state index is 12.2. The molecular formula is C23H32O5. The largest absolute Gasteiger partial charge is 0.481 e. The summed E-state index contributed by atoms with van der Waals surface area (Å²) in [6.45, 7) is 0. The molecule has 4 atom stereocenters. The molecule has 1 aliphatic carbocycles. The molecule has 0 radical (unpaired) electrons. The molecular weight excluding hydrogens is 356 g/mol. The van der Waals surface area contributed by atoms with Gasteiger partial charge in [-0.15, -0.1) is 0 Å². The van der Waals surface area contributed by atoms with Crippen LogP contribution in [0.2, 0.25) is 0 Å². The minimum Gasteiger partial charge on any atom is -0.481 e. The Bertz CT molecular complexity index is 640. The van der Waals surface area contributed by atoms with E-state index in [4.69, 9.17) is 5.11 Å². The summed E-state index contributed by atoms with van der Waals surface area (Å²) < 4.78 is 0. The number of unbranched alkanes of at least 4 members (excludes halogenated alkanes) is 3. The lowest BCUT2D eigenvalue weighted by Gasteiger charge is -2.18. The van der Waals surface area contributed by atoms with E-state index in [0.29, 0.717) is 12.8 Å². The van der Waals surface area contributed by atoms with Gasteiger partial charge in [-0.2, -0.15) is 0 Å². The zero-order valence-corrected chi connectivity index (χ0v) is 16.4. The van der Waals surface area contributed by atoms with Gasteiger partial charge in [0, 0.05) is 18.8 Å². The number of hydrogen-bond acceptors (Lipinski definition) is 4. The molecule has 5 heteroatoms. The van der Waals surface area contributed by atoms with E-state index in [0.717, 1.165) is 32.1 Å². The van der Waals surface area contributed by atoms with Gasteiger partial charge in [-0.3, -0.25) is 9.59 Å². The fourth-order valence-electron chi connectivity index (χ4n) is 3.91. The number of carboxylic acids is 1. The summed E-state index contributed by atoms with van der Waals surface area (Å²) >= 11 is 0. The van der Waals surface area contributed by atoms with E-state index < -0.39 is 18.2 Å². The smallest absolute Gasteiger partial charge is 0.303 e. The first-order chi connectivity index (χ1) is 13.5. The van der Waals surface area contributed by atoms with Crippen LogP contribution < -0.4 is 0 Å². The molecule has 0 aromatic heterocycles. The topological polar surface area (TPSA) is 94.8 Å². The molecule has 1 fully saturated rings. The molecule has 5 nitrogen and oxygen atoms in total. The van der Waals surface area contributed by atoms with Crippen LogP contribution in [0.3, 0.4) is 0 Å². The SMILES string of the molecule is O=C(O)CCCCCC[C@H]1[C@@H](O)CC(=O)[C@@H]1C=C[C@H](O)CCc1ccccc1. The van der Waals surface area contributed by atoms with Gasteiger partial charge in [0.2, 0.25) is 0 Å². The van der Waals surface area contributed by atoms with Gasteiger partial charge in [0.15, 0.2) is 0 Å². The minimum atomic E-state index is -0.771. The van der Waals surface area contributed by atoms with Gasteiger partial charge >= 0.3 is 5.97 Å². The minimum absolute atomic E-state index is 0.0369. The van der Waals surface area contributed by atoms with Gasteiger partial charge in [-0.05, 0) is 37.2 Å². The molecule has 1 aromatic carbocycles. The van der Waals surface area contributed by atoms with Gasteiger partial charge < -0.3 is 15.3 Å². The average Bonchev–Trinajstić information content (AvgIpc) is 2.94. The van der Waals surface area contributed by atoms with Crippen molar-refractivity contribution in [1.82, 2.24) is 0 Å². The van der Waals surface area contributed by atoms with Crippen molar-refractivity contribution in [1.29, 1.82) is 0 Å². The van der Waals surface area contributed by atoms with Crippen molar-refractivity contribution in [3.8, 4) is 0 Å². The molecule has 0 unspecified atom stereocenters. The molecule has 0 bridgehead atoms. The summed E-state index contributed by atoms with van der Waals surface area (Å²) in [6, 6.07) is 9.97. The van der Waals surface area contributed by atoms with Crippen LogP contribution in [0.1, 0.15) is 56.9 Å². The Balaban J connectivity index is 1.77. The van der Waals surface area contributed by atoms with Crippen LogP contribution in [0.15, 0.2) is 42.5 Å². The number of rotatable bonds is 12. The maximum Gasteiger partial charge on any atom is 0.303 e. The number of aliphatic hydroxyl groups is 2. The Morgan fingerprint density at radius 1 is 1.14 bits per heavy atom. The van der Waals surface area contributed by atoms with E-state index in [-0.39, 0.29) is 30.5 Å². The number of carbonyl (C=O) groups excluding carboxylic acids is 1. The fraction of sp³-hybridized carbons (Fsp3) is 0.565. The van der Waals surface area contributed by atoms with Crippen molar-refractivity contribution < 1.29 is 24.9 Å². The van der Waals surface area contributed by atoms with Gasteiger partial charge in [0.1, 0.15) is 5.78 Å². The second-order valence-electron chi connectivity index (χ2n) is 7.75. The molecule has 0 saturated heterocycles. The van der Waals surface area contributed by atoms with Crippen LogP contribution in [0.5, 0.6) is 0 Å². The molecule has 28 heavy (non-hydrogen) atoms. The normalized spacial score (nSPS) is 23.4. The molecule has 1 aliphatic rings. The van der Waals surface area contributed by atoms with Gasteiger partial charge in [0.05, 0.1) is 12.2 Å². The van der Waals surface area contributed by atoms with Crippen LogP contribution in [0.25, 0.3) is 0 Å². The number of carbonyl (C=O) groups is 2. The van der Waals surface area contributed by atoms with E-state index in [2.05, 4.69) is 0 Å². The van der Waals surface area contributed by atoms with Crippen LogP contribution in [-0.2, 0) is 16.0 Å². The fourth-order valence-corrected chi connectivity index (χ4v) is 3.91. The van der Waals surface area contributed by atoms with Crippen LogP contribution in [0, 0.1) is 11.8 Å². The predicted molar refractivity (Wildman–Crippen MR) is 108 cm³/mol. The standard InChI is InChI=1S/C23H32O5/c24-18(13-12-17-8-4-3-5-9-17)14-15-20-19(21(25)16-22(20)26)10-6-1-2-7-11-23(27)28/h3-5,8-9,14-15,18-21,24-25H,1-2,6-7,10-13,16H2,(H,27,28)/t18-,19-,20-,21+/m1/s1. The monoisotopic (exact) mass is 388 g/mol.